The van der Waals surface area contributed by atoms with Crippen LogP contribution in [0.5, 0.6) is 0 Å². The van der Waals surface area contributed by atoms with Crippen LogP contribution in [0.3, 0.4) is 0 Å². The highest BCUT2D eigenvalue weighted by molar-refractivity contribution is 7.90. The lowest BCUT2D eigenvalue weighted by molar-refractivity contribution is -0.136. The van der Waals surface area contributed by atoms with Crippen LogP contribution in [0, 0.1) is 11.6 Å². The molecule has 5 aromatic rings. The third kappa shape index (κ3) is 6.36. The van der Waals surface area contributed by atoms with Gasteiger partial charge in [0.2, 0.25) is 17.6 Å². The molecule has 1 unspecified atom stereocenters. The molecule has 0 radical (unpaired) electrons. The molecule has 3 aliphatic rings. The molecule has 2 saturated heterocycles. The predicted octanol–water partition coefficient (Wildman–Crippen LogP) is 2.23. The summed E-state index contributed by atoms with van der Waals surface area (Å²) in [5.74, 6) is -6.09. The van der Waals surface area contributed by atoms with Gasteiger partial charge in [-0.3, -0.25) is 38.9 Å². The number of aromatic amines is 1. The van der Waals surface area contributed by atoms with Crippen molar-refractivity contribution in [1.82, 2.24) is 24.5 Å². The monoisotopic (exact) mass is 768 g/mol. The molecule has 3 N–H and O–H groups in total. The second-order valence-corrected chi connectivity index (χ2v) is 15.1. The standard InChI is InChI=1S/C37H28BF3N6O7S/c39-21-12-13-46(17-21)55(53,54)45-27-9-8-26(40)31(32(27)41)33(49)24-16-43-34-23(24)14-19(15-42-34)18-4-6-20(7-5-18)38-25-3-1-2-22-30(25)37(52)47(36(22)51)28-10-11-29(48)44-35(28)50/h1-9,14-16,21,28,38,45H,10-13,17H2,(H,42,43)(H,44,48,50)/t21-,28?/m1/s1. The fourth-order valence-electron chi connectivity index (χ4n) is 7.20. The van der Waals surface area contributed by atoms with E-state index in [1.807, 2.05) is 4.72 Å². The molecule has 55 heavy (non-hydrogen) atoms. The SMILES string of the molecule is O=C1CCC(N2C(=O)c3cccc(Bc4ccc(-c5cnc6[nH]cc(C(=O)c7c(F)ccc(NS(=O)(=O)N8CC[C@@H](F)C8)c7F)c6c5)cc4)c3C2=O)C(=O)N1. The van der Waals surface area contributed by atoms with E-state index in [0.29, 0.717) is 16.6 Å². The summed E-state index contributed by atoms with van der Waals surface area (Å²) >= 11 is 0. The fourth-order valence-corrected chi connectivity index (χ4v) is 8.47. The van der Waals surface area contributed by atoms with Gasteiger partial charge in [0.25, 0.3) is 11.8 Å². The number of nitrogens with zero attached hydrogens (tertiary/aromatic N) is 3. The molecule has 278 valence electrons. The van der Waals surface area contributed by atoms with Gasteiger partial charge in [0, 0.05) is 54.0 Å². The van der Waals surface area contributed by atoms with Crippen LogP contribution in [-0.4, -0.2) is 89.6 Å². The Morgan fingerprint density at radius 3 is 2.47 bits per heavy atom. The number of alkyl halides is 1. The van der Waals surface area contributed by atoms with E-state index in [9.17, 15) is 36.8 Å². The van der Waals surface area contributed by atoms with Gasteiger partial charge in [-0.2, -0.15) is 12.7 Å². The van der Waals surface area contributed by atoms with Crippen molar-refractivity contribution < 1.29 is 45.6 Å². The topological polar surface area (TPSA) is 179 Å². The summed E-state index contributed by atoms with van der Waals surface area (Å²) in [6, 6.07) is 14.2. The number of imide groups is 2. The van der Waals surface area contributed by atoms with Crippen LogP contribution >= 0.6 is 0 Å². The van der Waals surface area contributed by atoms with Gasteiger partial charge in [0.1, 0.15) is 23.7 Å². The number of hydrogen-bond donors (Lipinski definition) is 3. The van der Waals surface area contributed by atoms with Crippen molar-refractivity contribution in [3.63, 3.8) is 0 Å². The van der Waals surface area contributed by atoms with Gasteiger partial charge in [0.05, 0.1) is 16.8 Å². The summed E-state index contributed by atoms with van der Waals surface area (Å²) in [5, 5.41) is 2.43. The van der Waals surface area contributed by atoms with Crippen LogP contribution in [0.2, 0.25) is 0 Å². The quantitative estimate of drug-likeness (QED) is 0.116. The van der Waals surface area contributed by atoms with Crippen molar-refractivity contribution in [2.75, 3.05) is 17.8 Å². The lowest BCUT2D eigenvalue weighted by Gasteiger charge is -2.27. The van der Waals surface area contributed by atoms with E-state index >= 15 is 8.78 Å². The van der Waals surface area contributed by atoms with Crippen LogP contribution in [0.4, 0.5) is 18.9 Å². The van der Waals surface area contributed by atoms with E-state index in [2.05, 4.69) is 15.3 Å². The maximum Gasteiger partial charge on any atom is 0.301 e. The largest absolute Gasteiger partial charge is 0.345 e. The molecule has 8 rings (SSSR count). The molecule has 0 bridgehead atoms. The number of halogens is 3. The van der Waals surface area contributed by atoms with Gasteiger partial charge in [-0.1, -0.05) is 47.3 Å². The lowest BCUT2D eigenvalue weighted by Crippen LogP contribution is -2.54. The van der Waals surface area contributed by atoms with Gasteiger partial charge < -0.3 is 4.98 Å². The highest BCUT2D eigenvalue weighted by Crippen LogP contribution is 2.31. The molecular formula is C37H28BF3N6O7S. The Kier molecular flexibility index (Phi) is 8.88. The average molecular weight is 769 g/mol. The van der Waals surface area contributed by atoms with Crippen LogP contribution in [0.15, 0.2) is 73.1 Å². The molecular weight excluding hydrogens is 740 g/mol. The number of piperidine rings is 1. The Bertz CT molecular complexity index is 2600. The average Bonchev–Trinajstić information content (AvgIpc) is 3.86. The highest BCUT2D eigenvalue weighted by atomic mass is 32.2. The molecule has 5 heterocycles. The van der Waals surface area contributed by atoms with Gasteiger partial charge in [-0.25, -0.2) is 18.2 Å². The van der Waals surface area contributed by atoms with Crippen LogP contribution in [0.1, 0.15) is 55.9 Å². The molecule has 13 nitrogen and oxygen atoms in total. The summed E-state index contributed by atoms with van der Waals surface area (Å²) in [6.45, 7) is -0.536. The zero-order valence-corrected chi connectivity index (χ0v) is 29.4. The minimum Gasteiger partial charge on any atom is -0.345 e. The summed E-state index contributed by atoms with van der Waals surface area (Å²) in [5.41, 5.74) is 1.38. The number of carbonyl (C=O) groups excluding carboxylic acids is 5. The lowest BCUT2D eigenvalue weighted by atomic mass is 9.62. The van der Waals surface area contributed by atoms with E-state index in [-0.39, 0.29) is 60.8 Å². The van der Waals surface area contributed by atoms with Crippen LogP contribution in [-0.2, 0) is 19.8 Å². The van der Waals surface area contributed by atoms with Gasteiger partial charge >= 0.3 is 10.2 Å². The maximum absolute atomic E-state index is 15.7. The predicted molar refractivity (Wildman–Crippen MR) is 194 cm³/mol. The number of nitrogens with one attached hydrogen (secondary N) is 3. The van der Waals surface area contributed by atoms with Crippen molar-refractivity contribution in [2.45, 2.75) is 31.5 Å². The number of ketones is 1. The van der Waals surface area contributed by atoms with E-state index in [1.54, 1.807) is 42.5 Å². The zero-order chi connectivity index (χ0) is 38.8. The Labute approximate surface area is 311 Å². The maximum atomic E-state index is 15.7. The number of pyridine rings is 1. The molecule has 3 aromatic carbocycles. The van der Waals surface area contributed by atoms with E-state index < -0.39 is 81.3 Å². The van der Waals surface area contributed by atoms with Crippen LogP contribution in [0.25, 0.3) is 22.2 Å². The third-order valence-electron chi connectivity index (χ3n) is 10.0. The minimum absolute atomic E-state index is 0.00768. The zero-order valence-electron chi connectivity index (χ0n) is 28.6. The number of aromatic nitrogens is 2. The molecule has 2 aromatic heterocycles. The molecule has 18 heteroatoms. The normalized spacial score (nSPS) is 18.9. The smallest absolute Gasteiger partial charge is 0.301 e. The Morgan fingerprint density at radius 2 is 1.75 bits per heavy atom. The molecule has 3 aliphatic heterocycles. The van der Waals surface area contributed by atoms with E-state index in [1.165, 1.54) is 18.5 Å². The second-order valence-electron chi connectivity index (χ2n) is 13.4. The fraction of sp³-hybridized carbons (Fsp3) is 0.189. The van der Waals surface area contributed by atoms with Crippen molar-refractivity contribution in [2.24, 2.45) is 0 Å². The van der Waals surface area contributed by atoms with Gasteiger partial charge in [-0.05, 0) is 42.7 Å². The Hall–Kier alpha value is -6.14. The number of fused-ring (bicyclic) bond motifs is 2. The molecule has 0 saturated carbocycles. The Morgan fingerprint density at radius 1 is 0.964 bits per heavy atom. The van der Waals surface area contributed by atoms with E-state index in [0.717, 1.165) is 26.8 Å². The number of amides is 4. The number of carbonyl (C=O) groups is 5. The van der Waals surface area contributed by atoms with Gasteiger partial charge in [0.15, 0.2) is 13.1 Å². The first-order valence-corrected chi connectivity index (χ1v) is 18.6. The number of rotatable bonds is 9. The molecule has 4 amide bonds. The van der Waals surface area contributed by atoms with Crippen molar-refractivity contribution in [1.29, 1.82) is 0 Å². The van der Waals surface area contributed by atoms with Gasteiger partial charge in [-0.15, -0.1) is 0 Å². The Balaban J connectivity index is 1.03. The van der Waals surface area contributed by atoms with Crippen molar-refractivity contribution >= 4 is 74.5 Å². The molecule has 0 spiro atoms. The molecule has 2 atom stereocenters. The summed E-state index contributed by atoms with van der Waals surface area (Å²) < 4.78 is 72.7. The van der Waals surface area contributed by atoms with E-state index in [4.69, 9.17) is 0 Å². The molecule has 2 fully saturated rings. The number of benzene rings is 3. The highest BCUT2D eigenvalue weighted by Gasteiger charge is 2.45. The summed E-state index contributed by atoms with van der Waals surface area (Å²) in [4.78, 5) is 72.7. The third-order valence-corrected chi connectivity index (χ3v) is 11.5. The number of hydrogen-bond acceptors (Lipinski definition) is 8. The van der Waals surface area contributed by atoms with Crippen LogP contribution < -0.4 is 21.0 Å². The minimum atomic E-state index is -4.39. The number of H-pyrrole nitrogens is 1. The summed E-state index contributed by atoms with van der Waals surface area (Å²) in [6.07, 6.45) is 1.44. The second kappa shape index (κ2) is 13.6. The number of anilines is 1. The first-order valence-electron chi connectivity index (χ1n) is 17.2. The first-order chi connectivity index (χ1) is 26.3. The molecule has 0 aliphatic carbocycles. The van der Waals surface area contributed by atoms with Crippen molar-refractivity contribution in [3.05, 3.63) is 107 Å². The first kappa shape index (κ1) is 35.9. The summed E-state index contributed by atoms with van der Waals surface area (Å²) in [7, 11) is -4.12. The van der Waals surface area contributed by atoms with Crippen molar-refractivity contribution in [3.8, 4) is 11.1 Å².